The van der Waals surface area contributed by atoms with Crippen molar-refractivity contribution in [1.29, 1.82) is 0 Å². The fourth-order valence-electron chi connectivity index (χ4n) is 1.62. The number of hydrogen-bond donors (Lipinski definition) is 2. The molecule has 0 saturated heterocycles. The predicted octanol–water partition coefficient (Wildman–Crippen LogP) is 0.479. The van der Waals surface area contributed by atoms with E-state index in [0.717, 1.165) is 6.42 Å². The van der Waals surface area contributed by atoms with Gasteiger partial charge in [0.1, 0.15) is 0 Å². The summed E-state index contributed by atoms with van der Waals surface area (Å²) in [7, 11) is 1.78. The molecule has 0 radical (unpaired) electrons. The smallest absolute Gasteiger partial charge is 0.270 e. The lowest BCUT2D eigenvalue weighted by Gasteiger charge is -2.20. The van der Waals surface area contributed by atoms with E-state index in [-0.39, 0.29) is 11.3 Å². The Hall–Kier alpha value is -2.15. The van der Waals surface area contributed by atoms with E-state index in [1.807, 2.05) is 0 Å². The molecule has 0 aliphatic rings. The van der Waals surface area contributed by atoms with Crippen molar-refractivity contribution in [2.24, 2.45) is 11.5 Å². The Bertz CT molecular complexity index is 462. The molecule has 18 heavy (non-hydrogen) atoms. The summed E-state index contributed by atoms with van der Waals surface area (Å²) in [5.41, 5.74) is 11.2. The highest BCUT2D eigenvalue weighted by Crippen LogP contribution is 2.24. The third-order valence-corrected chi connectivity index (χ3v) is 2.57. The van der Waals surface area contributed by atoms with Crippen LogP contribution in [-0.2, 0) is 0 Å². The zero-order valence-electron chi connectivity index (χ0n) is 10.1. The van der Waals surface area contributed by atoms with Crippen molar-refractivity contribution in [3.8, 4) is 0 Å². The number of carbonyl (C=O) groups is 1. The number of anilines is 1. The molecule has 1 rings (SSSR count). The molecule has 1 aromatic carbocycles. The molecule has 98 valence electrons. The SMILES string of the molecule is CN(CCCN)c1ccc([N+](=O)[O-])cc1C(N)=O. The van der Waals surface area contributed by atoms with Crippen LogP contribution in [0, 0.1) is 10.1 Å². The molecule has 0 aliphatic carbocycles. The van der Waals surface area contributed by atoms with Crippen molar-refractivity contribution in [2.75, 3.05) is 25.0 Å². The minimum absolute atomic E-state index is 0.142. The fourth-order valence-corrected chi connectivity index (χ4v) is 1.62. The Morgan fingerprint density at radius 1 is 1.50 bits per heavy atom. The van der Waals surface area contributed by atoms with Gasteiger partial charge in [-0.1, -0.05) is 0 Å². The summed E-state index contributed by atoms with van der Waals surface area (Å²) < 4.78 is 0. The maximum atomic E-state index is 11.3. The van der Waals surface area contributed by atoms with Gasteiger partial charge in [-0.2, -0.15) is 0 Å². The number of rotatable bonds is 6. The molecule has 0 aromatic heterocycles. The van der Waals surface area contributed by atoms with Gasteiger partial charge in [0.25, 0.3) is 11.6 Å². The molecule has 4 N–H and O–H groups in total. The summed E-state index contributed by atoms with van der Waals surface area (Å²) in [6.07, 6.45) is 0.756. The summed E-state index contributed by atoms with van der Waals surface area (Å²) in [5.74, 6) is -0.687. The Kier molecular flexibility index (Phi) is 4.61. The molecular formula is C11H16N4O3. The largest absolute Gasteiger partial charge is 0.374 e. The minimum atomic E-state index is -0.687. The molecule has 0 unspecified atom stereocenters. The quantitative estimate of drug-likeness (QED) is 0.564. The lowest BCUT2D eigenvalue weighted by atomic mass is 10.1. The van der Waals surface area contributed by atoms with Crippen LogP contribution in [0.5, 0.6) is 0 Å². The average molecular weight is 252 g/mol. The first-order valence-electron chi connectivity index (χ1n) is 5.46. The van der Waals surface area contributed by atoms with E-state index in [1.165, 1.54) is 18.2 Å². The summed E-state index contributed by atoms with van der Waals surface area (Å²) in [6, 6.07) is 4.06. The highest BCUT2D eigenvalue weighted by molar-refractivity contribution is 5.99. The normalized spacial score (nSPS) is 10.1. The fraction of sp³-hybridized carbons (Fsp3) is 0.364. The van der Waals surface area contributed by atoms with Crippen molar-refractivity contribution in [3.05, 3.63) is 33.9 Å². The summed E-state index contributed by atoms with van der Waals surface area (Å²) in [4.78, 5) is 23.2. The molecule has 0 bridgehead atoms. The molecular weight excluding hydrogens is 236 g/mol. The molecule has 0 fully saturated rings. The number of nitro groups is 1. The van der Waals surface area contributed by atoms with E-state index in [2.05, 4.69) is 0 Å². The number of nitrogens with zero attached hydrogens (tertiary/aromatic N) is 2. The van der Waals surface area contributed by atoms with E-state index in [0.29, 0.717) is 18.8 Å². The predicted molar refractivity (Wildman–Crippen MR) is 68.6 cm³/mol. The molecule has 1 amide bonds. The van der Waals surface area contributed by atoms with Gasteiger partial charge in [-0.3, -0.25) is 14.9 Å². The van der Waals surface area contributed by atoms with Crippen molar-refractivity contribution < 1.29 is 9.72 Å². The Morgan fingerprint density at radius 3 is 2.67 bits per heavy atom. The van der Waals surface area contributed by atoms with Gasteiger partial charge < -0.3 is 16.4 Å². The number of nitrogens with two attached hydrogens (primary N) is 2. The average Bonchev–Trinajstić information content (AvgIpc) is 2.34. The number of amides is 1. The topological polar surface area (TPSA) is 115 Å². The van der Waals surface area contributed by atoms with Gasteiger partial charge in [0.2, 0.25) is 0 Å². The van der Waals surface area contributed by atoms with Crippen molar-refractivity contribution in [1.82, 2.24) is 0 Å². The summed E-state index contributed by atoms with van der Waals surface area (Å²) in [5, 5.41) is 10.7. The van der Waals surface area contributed by atoms with Crippen LogP contribution in [0.3, 0.4) is 0 Å². The third-order valence-electron chi connectivity index (χ3n) is 2.57. The Balaban J connectivity index is 3.11. The van der Waals surface area contributed by atoms with Gasteiger partial charge in [0, 0.05) is 31.4 Å². The second-order valence-corrected chi connectivity index (χ2v) is 3.89. The van der Waals surface area contributed by atoms with Gasteiger partial charge in [0.05, 0.1) is 10.5 Å². The van der Waals surface area contributed by atoms with E-state index in [9.17, 15) is 14.9 Å². The molecule has 7 nitrogen and oxygen atoms in total. The van der Waals surface area contributed by atoms with Crippen LogP contribution in [0.15, 0.2) is 18.2 Å². The standard InChI is InChI=1S/C11H16N4O3/c1-14(6-2-5-12)10-4-3-8(15(17)18)7-9(10)11(13)16/h3-4,7H,2,5-6,12H2,1H3,(H2,13,16). The first-order valence-corrected chi connectivity index (χ1v) is 5.46. The van der Waals surface area contributed by atoms with Crippen LogP contribution in [-0.4, -0.2) is 31.0 Å². The second kappa shape index (κ2) is 5.97. The van der Waals surface area contributed by atoms with E-state index < -0.39 is 10.8 Å². The van der Waals surface area contributed by atoms with Gasteiger partial charge in [-0.05, 0) is 19.0 Å². The monoisotopic (exact) mass is 252 g/mol. The van der Waals surface area contributed by atoms with Crippen LogP contribution < -0.4 is 16.4 Å². The molecule has 0 atom stereocenters. The zero-order valence-corrected chi connectivity index (χ0v) is 10.1. The van der Waals surface area contributed by atoms with E-state index in [4.69, 9.17) is 11.5 Å². The maximum absolute atomic E-state index is 11.3. The van der Waals surface area contributed by atoms with Gasteiger partial charge in [0.15, 0.2) is 0 Å². The first kappa shape index (κ1) is 13.9. The number of benzene rings is 1. The van der Waals surface area contributed by atoms with Crippen LogP contribution in [0.4, 0.5) is 11.4 Å². The van der Waals surface area contributed by atoms with Crippen molar-refractivity contribution >= 4 is 17.3 Å². The molecule has 0 saturated carbocycles. The Labute approximate surface area is 105 Å². The van der Waals surface area contributed by atoms with Crippen LogP contribution >= 0.6 is 0 Å². The second-order valence-electron chi connectivity index (χ2n) is 3.89. The van der Waals surface area contributed by atoms with Gasteiger partial charge in [-0.25, -0.2) is 0 Å². The summed E-state index contributed by atoms with van der Waals surface area (Å²) in [6.45, 7) is 1.18. The molecule has 0 heterocycles. The van der Waals surface area contributed by atoms with Crippen LogP contribution in [0.2, 0.25) is 0 Å². The molecule has 7 heteroatoms. The van der Waals surface area contributed by atoms with Crippen LogP contribution in [0.1, 0.15) is 16.8 Å². The lowest BCUT2D eigenvalue weighted by molar-refractivity contribution is -0.384. The summed E-state index contributed by atoms with van der Waals surface area (Å²) >= 11 is 0. The molecule has 0 spiro atoms. The lowest BCUT2D eigenvalue weighted by Crippen LogP contribution is -2.24. The minimum Gasteiger partial charge on any atom is -0.374 e. The highest BCUT2D eigenvalue weighted by atomic mass is 16.6. The Morgan fingerprint density at radius 2 is 2.17 bits per heavy atom. The van der Waals surface area contributed by atoms with Gasteiger partial charge in [-0.15, -0.1) is 0 Å². The zero-order chi connectivity index (χ0) is 13.7. The van der Waals surface area contributed by atoms with Crippen molar-refractivity contribution in [2.45, 2.75) is 6.42 Å². The van der Waals surface area contributed by atoms with Gasteiger partial charge >= 0.3 is 0 Å². The van der Waals surface area contributed by atoms with E-state index in [1.54, 1.807) is 11.9 Å². The highest BCUT2D eigenvalue weighted by Gasteiger charge is 2.16. The first-order chi connectivity index (χ1) is 8.47. The number of carbonyl (C=O) groups excluding carboxylic acids is 1. The van der Waals surface area contributed by atoms with E-state index >= 15 is 0 Å². The number of hydrogen-bond acceptors (Lipinski definition) is 5. The van der Waals surface area contributed by atoms with Crippen LogP contribution in [0.25, 0.3) is 0 Å². The third kappa shape index (κ3) is 3.17. The number of primary amides is 1. The molecule has 1 aromatic rings. The van der Waals surface area contributed by atoms with Crippen molar-refractivity contribution in [3.63, 3.8) is 0 Å². The molecule has 0 aliphatic heterocycles. The number of nitro benzene ring substituents is 1. The number of non-ortho nitro benzene ring substituents is 1. The maximum Gasteiger partial charge on any atom is 0.270 e.